The molecule has 0 aliphatic carbocycles. The summed E-state index contributed by atoms with van der Waals surface area (Å²) in [6.07, 6.45) is 3.11. The lowest BCUT2D eigenvalue weighted by atomic mass is 10.2. The van der Waals surface area contributed by atoms with E-state index in [1.165, 1.54) is 12.3 Å². The Morgan fingerprint density at radius 1 is 1.28 bits per heavy atom. The van der Waals surface area contributed by atoms with Crippen molar-refractivity contribution in [3.8, 4) is 11.4 Å². The zero-order chi connectivity index (χ0) is 17.2. The first-order valence-corrected chi connectivity index (χ1v) is 7.33. The van der Waals surface area contributed by atoms with Gasteiger partial charge in [0.05, 0.1) is 6.54 Å². The molecule has 0 spiro atoms. The Bertz CT molecular complexity index is 1080. The number of nitrogens with one attached hydrogen (secondary N) is 2. The number of aromatic nitrogens is 4. The van der Waals surface area contributed by atoms with Gasteiger partial charge in [0, 0.05) is 30.1 Å². The summed E-state index contributed by atoms with van der Waals surface area (Å²) in [5.74, 6) is 0.193. The summed E-state index contributed by atoms with van der Waals surface area (Å²) >= 11 is 0. The fourth-order valence-corrected chi connectivity index (χ4v) is 2.25. The van der Waals surface area contributed by atoms with E-state index < -0.39 is 5.91 Å². The van der Waals surface area contributed by atoms with Crippen LogP contribution in [-0.4, -0.2) is 26.0 Å². The van der Waals surface area contributed by atoms with E-state index in [0.29, 0.717) is 16.7 Å². The number of furan rings is 1. The van der Waals surface area contributed by atoms with E-state index >= 15 is 0 Å². The number of carbonyl (C=O) groups is 1. The van der Waals surface area contributed by atoms with E-state index in [0.717, 1.165) is 0 Å². The summed E-state index contributed by atoms with van der Waals surface area (Å²) in [5.41, 5.74) is 1.38. The maximum atomic E-state index is 12.1. The van der Waals surface area contributed by atoms with Crippen molar-refractivity contribution in [2.75, 3.05) is 0 Å². The van der Waals surface area contributed by atoms with E-state index in [9.17, 15) is 9.59 Å². The Balaban J connectivity index is 1.46. The molecule has 1 amide bonds. The number of fused-ring (bicyclic) bond motifs is 1. The molecule has 0 unspecified atom stereocenters. The Morgan fingerprint density at radius 3 is 3.04 bits per heavy atom. The number of H-pyrrole nitrogens is 1. The lowest BCUT2D eigenvalue weighted by Crippen LogP contribution is -2.22. The van der Waals surface area contributed by atoms with E-state index in [2.05, 4.69) is 25.4 Å². The van der Waals surface area contributed by atoms with Crippen molar-refractivity contribution in [1.82, 2.24) is 25.4 Å². The van der Waals surface area contributed by atoms with Crippen LogP contribution in [0.5, 0.6) is 0 Å². The molecule has 124 valence electrons. The van der Waals surface area contributed by atoms with E-state index in [1.54, 1.807) is 30.5 Å². The van der Waals surface area contributed by atoms with Crippen LogP contribution in [0.15, 0.2) is 56.5 Å². The van der Waals surface area contributed by atoms with Gasteiger partial charge in [-0.25, -0.2) is 0 Å². The summed E-state index contributed by atoms with van der Waals surface area (Å²) in [6.45, 7) is 0.0273. The van der Waals surface area contributed by atoms with Crippen LogP contribution in [0.4, 0.5) is 0 Å². The quantitative estimate of drug-likeness (QED) is 0.577. The van der Waals surface area contributed by atoms with Gasteiger partial charge in [-0.1, -0.05) is 5.16 Å². The van der Waals surface area contributed by atoms with Crippen LogP contribution in [0, 0.1) is 0 Å². The fourth-order valence-electron chi connectivity index (χ4n) is 2.25. The molecule has 9 nitrogen and oxygen atoms in total. The maximum Gasteiger partial charge on any atom is 0.287 e. The van der Waals surface area contributed by atoms with Gasteiger partial charge in [0.1, 0.15) is 5.52 Å². The molecule has 9 heteroatoms. The zero-order valence-electron chi connectivity index (χ0n) is 12.7. The molecule has 0 aromatic carbocycles. The summed E-state index contributed by atoms with van der Waals surface area (Å²) in [7, 11) is 0. The lowest BCUT2D eigenvalue weighted by molar-refractivity contribution is 0.0920. The van der Waals surface area contributed by atoms with Crippen LogP contribution in [0.25, 0.3) is 22.5 Å². The fraction of sp³-hybridized carbons (Fsp3) is 0.0625. The number of aromatic amines is 1. The van der Waals surface area contributed by atoms with Gasteiger partial charge >= 0.3 is 0 Å². The van der Waals surface area contributed by atoms with Crippen molar-refractivity contribution in [2.45, 2.75) is 6.54 Å². The Labute approximate surface area is 139 Å². The van der Waals surface area contributed by atoms with Gasteiger partial charge in [-0.05, 0) is 18.2 Å². The average molecular weight is 337 g/mol. The summed E-state index contributed by atoms with van der Waals surface area (Å²) in [5, 5.41) is 6.42. The third-order valence-electron chi connectivity index (χ3n) is 3.41. The van der Waals surface area contributed by atoms with Gasteiger partial charge < -0.3 is 19.2 Å². The van der Waals surface area contributed by atoms with Gasteiger partial charge in [-0.15, -0.1) is 0 Å². The normalized spacial score (nSPS) is 10.9. The Morgan fingerprint density at radius 2 is 2.20 bits per heavy atom. The first-order valence-electron chi connectivity index (χ1n) is 7.33. The highest BCUT2D eigenvalue weighted by Crippen LogP contribution is 2.16. The van der Waals surface area contributed by atoms with Crippen molar-refractivity contribution < 1.29 is 13.7 Å². The highest BCUT2D eigenvalue weighted by molar-refractivity contribution is 5.95. The molecular weight excluding hydrogens is 326 g/mol. The van der Waals surface area contributed by atoms with Crippen LogP contribution in [0.2, 0.25) is 0 Å². The molecule has 0 radical (unpaired) electrons. The number of pyridine rings is 2. The number of rotatable bonds is 4. The van der Waals surface area contributed by atoms with Gasteiger partial charge in [0.15, 0.2) is 11.3 Å². The molecule has 4 aromatic heterocycles. The average Bonchev–Trinajstić information content (AvgIpc) is 3.26. The molecule has 0 aliphatic heterocycles. The molecule has 0 atom stereocenters. The second-order valence-corrected chi connectivity index (χ2v) is 5.13. The highest BCUT2D eigenvalue weighted by Gasteiger charge is 2.15. The second-order valence-electron chi connectivity index (χ2n) is 5.13. The molecule has 4 heterocycles. The number of carbonyl (C=O) groups excluding carboxylic acids is 1. The van der Waals surface area contributed by atoms with Crippen molar-refractivity contribution in [3.05, 3.63) is 64.7 Å². The van der Waals surface area contributed by atoms with Crippen LogP contribution in [0.3, 0.4) is 0 Å². The highest BCUT2D eigenvalue weighted by atomic mass is 16.5. The molecule has 25 heavy (non-hydrogen) atoms. The van der Waals surface area contributed by atoms with Crippen molar-refractivity contribution in [1.29, 1.82) is 0 Å². The smallest absolute Gasteiger partial charge is 0.287 e. The molecule has 4 aromatic rings. The number of hydrogen-bond acceptors (Lipinski definition) is 7. The second kappa shape index (κ2) is 6.04. The molecule has 0 aliphatic rings. The Hall–Kier alpha value is -3.75. The predicted octanol–water partition coefficient (Wildman–Crippen LogP) is 1.50. The number of amides is 1. The first-order chi connectivity index (χ1) is 12.2. The molecule has 2 N–H and O–H groups in total. The van der Waals surface area contributed by atoms with Crippen LogP contribution >= 0.6 is 0 Å². The first kappa shape index (κ1) is 14.8. The monoisotopic (exact) mass is 337 g/mol. The predicted molar refractivity (Wildman–Crippen MR) is 85.5 cm³/mol. The third kappa shape index (κ3) is 3.02. The number of nitrogens with zero attached hydrogens (tertiary/aromatic N) is 3. The van der Waals surface area contributed by atoms with Crippen molar-refractivity contribution >= 4 is 17.0 Å². The largest absolute Gasteiger partial charge is 0.449 e. The van der Waals surface area contributed by atoms with Gasteiger partial charge in [-0.3, -0.25) is 14.6 Å². The van der Waals surface area contributed by atoms with Gasteiger partial charge in [-0.2, -0.15) is 4.98 Å². The van der Waals surface area contributed by atoms with Crippen molar-refractivity contribution in [3.63, 3.8) is 0 Å². The number of hydrogen-bond donors (Lipinski definition) is 2. The minimum atomic E-state index is -0.422. The molecular formula is C16H11N5O4. The molecule has 0 saturated heterocycles. The maximum absolute atomic E-state index is 12.1. The minimum absolute atomic E-state index is 0.0273. The zero-order valence-corrected chi connectivity index (χ0v) is 12.7. The van der Waals surface area contributed by atoms with E-state index in [-0.39, 0.29) is 29.6 Å². The van der Waals surface area contributed by atoms with E-state index in [1.807, 2.05) is 0 Å². The van der Waals surface area contributed by atoms with Crippen LogP contribution in [0.1, 0.15) is 16.4 Å². The molecule has 0 fully saturated rings. The van der Waals surface area contributed by atoms with Gasteiger partial charge in [0.25, 0.3) is 5.91 Å². The topological polar surface area (TPSA) is 127 Å². The summed E-state index contributed by atoms with van der Waals surface area (Å²) < 4.78 is 10.5. The van der Waals surface area contributed by atoms with Crippen molar-refractivity contribution in [2.24, 2.45) is 0 Å². The lowest BCUT2D eigenvalue weighted by Gasteiger charge is -1.97. The van der Waals surface area contributed by atoms with E-state index in [4.69, 9.17) is 8.94 Å². The summed E-state index contributed by atoms with van der Waals surface area (Å²) in [4.78, 5) is 34.2. The molecule has 4 rings (SSSR count). The summed E-state index contributed by atoms with van der Waals surface area (Å²) in [6, 6.07) is 8.01. The van der Waals surface area contributed by atoms with Gasteiger partial charge in [0.2, 0.25) is 17.3 Å². The van der Waals surface area contributed by atoms with Crippen LogP contribution < -0.4 is 10.9 Å². The molecule has 0 saturated carbocycles. The SMILES string of the molecule is O=C(NCc1nc(-c2cc[nH]c(=O)c2)no1)c1cc2ncccc2o1. The molecule has 0 bridgehead atoms. The van der Waals surface area contributed by atoms with Crippen LogP contribution in [-0.2, 0) is 6.54 Å². The standard InChI is InChI=1S/C16H11N5O4/c22-13-6-9(3-5-18-13)15-20-14(25-21-15)8-19-16(23)12-7-10-11(24-12)2-1-4-17-10/h1-7H,8H2,(H,18,22)(H,19,23). The minimum Gasteiger partial charge on any atom is -0.449 e. The Kier molecular flexibility index (Phi) is 3.58. The third-order valence-corrected chi connectivity index (χ3v) is 3.41.